The molecule has 0 spiro atoms. The molecule has 1 aliphatic rings. The molecule has 94 valence electrons. The molecule has 0 saturated heterocycles. The van der Waals surface area contributed by atoms with Crippen molar-refractivity contribution in [2.24, 2.45) is 5.92 Å². The summed E-state index contributed by atoms with van der Waals surface area (Å²) in [5, 5.41) is 2.63. The van der Waals surface area contributed by atoms with Gasteiger partial charge in [0, 0.05) is 10.9 Å². The zero-order chi connectivity index (χ0) is 12.9. The molecule has 2 heterocycles. The van der Waals surface area contributed by atoms with Crippen LogP contribution < -0.4 is 5.56 Å². The molecule has 0 fully saturated rings. The van der Waals surface area contributed by atoms with Gasteiger partial charge in [-0.25, -0.2) is 4.39 Å². The Hall–Kier alpha value is -1.62. The molecule has 2 atom stereocenters. The summed E-state index contributed by atoms with van der Waals surface area (Å²) < 4.78 is 20.2. The number of rotatable bonds is 1. The Morgan fingerprint density at radius 3 is 3.00 bits per heavy atom. The number of aromatic nitrogens is 1. The number of hydrogen-bond donors (Lipinski definition) is 1. The van der Waals surface area contributed by atoms with Gasteiger partial charge in [0.1, 0.15) is 16.6 Å². The molecule has 1 aliphatic carbocycles. The lowest BCUT2D eigenvalue weighted by molar-refractivity contribution is 0.175. The molecule has 5 heteroatoms. The first-order valence-electron chi connectivity index (χ1n) is 5.66. The molecule has 0 aliphatic heterocycles. The third-order valence-electron chi connectivity index (χ3n) is 3.39. The zero-order valence-electron chi connectivity index (χ0n) is 9.99. The van der Waals surface area contributed by atoms with Crippen molar-refractivity contribution in [3.05, 3.63) is 38.8 Å². The normalized spacial score (nSPS) is 22.7. The van der Waals surface area contributed by atoms with Gasteiger partial charge in [0.2, 0.25) is 0 Å². The molecular weight excluding hydrogens is 253 g/mol. The second kappa shape index (κ2) is 3.95. The highest BCUT2D eigenvalue weighted by Crippen LogP contribution is 2.40. The van der Waals surface area contributed by atoms with Crippen LogP contribution in [0.5, 0.6) is 0 Å². The summed E-state index contributed by atoms with van der Waals surface area (Å²) in [5.74, 6) is 0.226. The highest BCUT2D eigenvalue weighted by Gasteiger charge is 2.31. The molecule has 0 bridgehead atoms. The number of thiophene rings is 1. The number of methoxy groups -OCH3 is 1. The third-order valence-corrected chi connectivity index (χ3v) is 4.30. The molecule has 2 unspecified atom stereocenters. The molecule has 3 nitrogen and oxygen atoms in total. The minimum Gasteiger partial charge on any atom is -0.501 e. The van der Waals surface area contributed by atoms with Crippen LogP contribution in [0, 0.1) is 5.92 Å². The molecule has 0 amide bonds. The van der Waals surface area contributed by atoms with Gasteiger partial charge in [-0.1, -0.05) is 6.92 Å². The molecular formula is C13H12FNO2S. The van der Waals surface area contributed by atoms with Crippen molar-refractivity contribution in [3.8, 4) is 0 Å². The second-order valence-corrected chi connectivity index (χ2v) is 5.30. The maximum absolute atomic E-state index is 14.3. The lowest BCUT2D eigenvalue weighted by atomic mass is 9.89. The van der Waals surface area contributed by atoms with Crippen molar-refractivity contribution in [3.63, 3.8) is 0 Å². The second-order valence-electron chi connectivity index (χ2n) is 4.39. The van der Waals surface area contributed by atoms with E-state index in [0.717, 1.165) is 10.9 Å². The van der Waals surface area contributed by atoms with Crippen LogP contribution in [0.3, 0.4) is 0 Å². The minimum atomic E-state index is -1.24. The highest BCUT2D eigenvalue weighted by molar-refractivity contribution is 7.17. The van der Waals surface area contributed by atoms with Gasteiger partial charge in [-0.3, -0.25) is 4.79 Å². The Morgan fingerprint density at radius 2 is 2.28 bits per heavy atom. The summed E-state index contributed by atoms with van der Waals surface area (Å²) in [5.41, 5.74) is 0.871. The van der Waals surface area contributed by atoms with Crippen LogP contribution in [-0.4, -0.2) is 12.1 Å². The predicted molar refractivity (Wildman–Crippen MR) is 70.4 cm³/mol. The Balaban J connectivity index is 2.39. The van der Waals surface area contributed by atoms with Crippen molar-refractivity contribution in [1.29, 1.82) is 0 Å². The van der Waals surface area contributed by atoms with Gasteiger partial charge in [0.05, 0.1) is 18.7 Å². The number of aromatic amines is 1. The van der Waals surface area contributed by atoms with E-state index in [1.54, 1.807) is 6.92 Å². The first kappa shape index (κ1) is 11.5. The zero-order valence-corrected chi connectivity index (χ0v) is 10.8. The van der Waals surface area contributed by atoms with Gasteiger partial charge < -0.3 is 9.72 Å². The summed E-state index contributed by atoms with van der Waals surface area (Å²) >= 11 is 1.36. The van der Waals surface area contributed by atoms with Gasteiger partial charge in [-0.05, 0) is 17.5 Å². The number of pyridine rings is 1. The summed E-state index contributed by atoms with van der Waals surface area (Å²) in [6, 6.07) is 1.85. The van der Waals surface area contributed by atoms with Gasteiger partial charge in [0.15, 0.2) is 0 Å². The van der Waals surface area contributed by atoms with Crippen LogP contribution in [-0.2, 0) is 4.74 Å². The van der Waals surface area contributed by atoms with E-state index >= 15 is 0 Å². The van der Waals surface area contributed by atoms with Gasteiger partial charge in [-0.15, -0.1) is 11.3 Å². The Bertz CT molecular complexity index is 701. The number of nitrogens with one attached hydrogen (secondary N) is 1. The van der Waals surface area contributed by atoms with Crippen molar-refractivity contribution in [2.75, 3.05) is 7.11 Å². The largest absolute Gasteiger partial charge is 0.501 e. The summed E-state index contributed by atoms with van der Waals surface area (Å²) in [4.78, 5) is 14.5. The summed E-state index contributed by atoms with van der Waals surface area (Å²) in [6.07, 6.45) is 0.582. The summed E-state index contributed by atoms with van der Waals surface area (Å²) in [6.45, 7) is 1.75. The predicted octanol–water partition coefficient (Wildman–Crippen LogP) is 3.24. The number of hydrogen-bond acceptors (Lipinski definition) is 3. The molecule has 0 radical (unpaired) electrons. The van der Waals surface area contributed by atoms with E-state index in [-0.39, 0.29) is 11.5 Å². The van der Waals surface area contributed by atoms with Crippen LogP contribution >= 0.6 is 11.3 Å². The molecule has 0 saturated carbocycles. The maximum atomic E-state index is 14.3. The lowest BCUT2D eigenvalue weighted by Crippen LogP contribution is -2.20. The number of allylic oxidation sites excluding steroid dienone is 1. The van der Waals surface area contributed by atoms with Gasteiger partial charge in [-0.2, -0.15) is 0 Å². The minimum absolute atomic E-state index is 0.220. The van der Waals surface area contributed by atoms with E-state index in [1.807, 2.05) is 17.5 Å². The fraction of sp³-hybridized carbons (Fsp3) is 0.308. The number of H-pyrrole nitrogens is 1. The highest BCUT2D eigenvalue weighted by atomic mass is 32.1. The fourth-order valence-corrected chi connectivity index (χ4v) is 3.18. The Morgan fingerprint density at radius 1 is 1.50 bits per heavy atom. The van der Waals surface area contributed by atoms with E-state index < -0.39 is 6.17 Å². The van der Waals surface area contributed by atoms with Crippen LogP contribution in [0.2, 0.25) is 0 Å². The number of halogens is 1. The molecule has 2 aromatic heterocycles. The average molecular weight is 265 g/mol. The smallest absolute Gasteiger partial charge is 0.266 e. The van der Waals surface area contributed by atoms with Crippen LogP contribution in [0.1, 0.15) is 24.4 Å². The standard InChI is InChI=1S/C13H12FNO2S/c1-6-9(17-2)5-8-7-3-4-18-12(7)13(16)15-11(8)10(6)14/h3-6,10H,1-2H3,(H,15,16). The van der Waals surface area contributed by atoms with E-state index in [0.29, 0.717) is 16.2 Å². The molecule has 18 heavy (non-hydrogen) atoms. The van der Waals surface area contributed by atoms with Crippen LogP contribution in [0.15, 0.2) is 22.0 Å². The topological polar surface area (TPSA) is 42.1 Å². The molecule has 0 aromatic carbocycles. The Kier molecular flexibility index (Phi) is 2.52. The fourth-order valence-electron chi connectivity index (χ4n) is 2.37. The van der Waals surface area contributed by atoms with E-state index in [4.69, 9.17) is 4.74 Å². The quantitative estimate of drug-likeness (QED) is 0.860. The first-order chi connectivity index (χ1) is 8.63. The molecule has 2 aromatic rings. The summed E-state index contributed by atoms with van der Waals surface area (Å²) in [7, 11) is 1.54. The van der Waals surface area contributed by atoms with E-state index in [9.17, 15) is 9.18 Å². The molecule has 1 N–H and O–H groups in total. The van der Waals surface area contributed by atoms with Crippen LogP contribution in [0.4, 0.5) is 4.39 Å². The van der Waals surface area contributed by atoms with Gasteiger partial charge in [0.25, 0.3) is 5.56 Å². The number of fused-ring (bicyclic) bond motifs is 3. The number of ether oxygens (including phenoxy) is 1. The molecule has 3 rings (SSSR count). The SMILES string of the molecule is COC1=Cc2c([nH]c(=O)c3sccc23)C(F)C1C. The number of alkyl halides is 1. The average Bonchev–Trinajstić information content (AvgIpc) is 2.85. The maximum Gasteiger partial charge on any atom is 0.266 e. The third kappa shape index (κ3) is 1.43. The Labute approximate surface area is 107 Å². The van der Waals surface area contributed by atoms with Crippen molar-refractivity contribution in [2.45, 2.75) is 13.1 Å². The van der Waals surface area contributed by atoms with E-state index in [1.165, 1.54) is 18.4 Å². The van der Waals surface area contributed by atoms with Crippen LogP contribution in [0.25, 0.3) is 16.2 Å². The van der Waals surface area contributed by atoms with E-state index in [2.05, 4.69) is 4.98 Å². The monoisotopic (exact) mass is 265 g/mol. The first-order valence-corrected chi connectivity index (χ1v) is 6.54. The van der Waals surface area contributed by atoms with Crippen molar-refractivity contribution >= 4 is 27.5 Å². The van der Waals surface area contributed by atoms with Gasteiger partial charge >= 0.3 is 0 Å². The van der Waals surface area contributed by atoms with Crippen molar-refractivity contribution < 1.29 is 9.13 Å². The van der Waals surface area contributed by atoms with Crippen molar-refractivity contribution in [1.82, 2.24) is 4.98 Å². The lowest BCUT2D eigenvalue weighted by Gasteiger charge is -2.25.